The number of hydrogen-bond donors (Lipinski definition) is 2. The van der Waals surface area contributed by atoms with E-state index in [1.54, 1.807) is 0 Å². The van der Waals surface area contributed by atoms with Gasteiger partial charge in [-0.05, 0) is 72.6 Å². The highest BCUT2D eigenvalue weighted by Gasteiger charge is 2.34. The summed E-state index contributed by atoms with van der Waals surface area (Å²) < 4.78 is 0. The topological polar surface area (TPSA) is 56.3 Å². The molecule has 3 heterocycles. The van der Waals surface area contributed by atoms with Crippen molar-refractivity contribution >= 4 is 46.5 Å². The van der Waals surface area contributed by atoms with Gasteiger partial charge < -0.3 is 20.4 Å². The summed E-state index contributed by atoms with van der Waals surface area (Å²) >= 11 is 12.0. The molecule has 1 saturated heterocycles. The second-order valence-corrected chi connectivity index (χ2v) is 12.7. The highest BCUT2D eigenvalue weighted by molar-refractivity contribution is 7.80. The summed E-state index contributed by atoms with van der Waals surface area (Å²) in [7, 11) is 0. The molecule has 1 atom stereocenters. The third-order valence-electron chi connectivity index (χ3n) is 8.92. The number of rotatable bonds is 6. The number of aromatic nitrogens is 2. The Kier molecular flexibility index (Phi) is 8.12. The van der Waals surface area contributed by atoms with Crippen LogP contribution >= 0.6 is 23.8 Å². The minimum absolute atomic E-state index is 0.0493. The molecule has 1 saturated carbocycles. The van der Waals surface area contributed by atoms with Gasteiger partial charge in [0.25, 0.3) is 0 Å². The van der Waals surface area contributed by atoms with E-state index in [1.807, 2.05) is 12.1 Å². The van der Waals surface area contributed by atoms with Gasteiger partial charge >= 0.3 is 0 Å². The van der Waals surface area contributed by atoms with Crippen molar-refractivity contribution < 1.29 is 0 Å². The zero-order valence-corrected chi connectivity index (χ0v) is 24.9. The van der Waals surface area contributed by atoms with E-state index in [9.17, 15) is 0 Å². The van der Waals surface area contributed by atoms with Crippen LogP contribution < -0.4 is 20.4 Å². The molecule has 2 aromatic carbocycles. The molecule has 1 aromatic heterocycles. The number of halogens is 1. The lowest BCUT2D eigenvalue weighted by atomic mass is 9.69. The van der Waals surface area contributed by atoms with Crippen molar-refractivity contribution in [3.05, 3.63) is 76.3 Å². The Labute approximate surface area is 248 Å². The fraction of sp³-hybridized carbons (Fsp3) is 0.469. The summed E-state index contributed by atoms with van der Waals surface area (Å²) in [5.74, 6) is 3.13. The van der Waals surface area contributed by atoms with Crippen molar-refractivity contribution in [1.82, 2.24) is 15.3 Å². The lowest BCUT2D eigenvalue weighted by Gasteiger charge is -2.38. The number of fused-ring (bicyclic) bond motifs is 1. The van der Waals surface area contributed by atoms with E-state index in [4.69, 9.17) is 33.8 Å². The Hall–Kier alpha value is -2.90. The number of anilines is 3. The van der Waals surface area contributed by atoms with Gasteiger partial charge in [-0.25, -0.2) is 0 Å². The molecule has 6 nitrogen and oxygen atoms in total. The molecule has 3 aromatic rings. The van der Waals surface area contributed by atoms with Crippen LogP contribution in [0.5, 0.6) is 0 Å². The van der Waals surface area contributed by atoms with Crippen LogP contribution in [0.15, 0.2) is 54.6 Å². The van der Waals surface area contributed by atoms with E-state index < -0.39 is 0 Å². The molecule has 6 rings (SSSR count). The normalized spacial score (nSPS) is 20.2. The number of nitrogens with zero attached hydrogens (tertiary/aromatic N) is 4. The number of thiocarbonyl (C=S) groups is 1. The third kappa shape index (κ3) is 6.06. The maximum absolute atomic E-state index is 6.21. The molecule has 40 heavy (non-hydrogen) atoms. The van der Waals surface area contributed by atoms with Crippen molar-refractivity contribution in [2.45, 2.75) is 70.4 Å². The van der Waals surface area contributed by atoms with Crippen LogP contribution in [0.2, 0.25) is 5.02 Å². The van der Waals surface area contributed by atoms with Crippen molar-refractivity contribution in [3.8, 4) is 0 Å². The zero-order valence-electron chi connectivity index (χ0n) is 23.3. The van der Waals surface area contributed by atoms with Crippen molar-refractivity contribution in [1.29, 1.82) is 0 Å². The molecule has 210 valence electrons. The fourth-order valence-corrected chi connectivity index (χ4v) is 6.98. The standard InChI is InChI=1S/C32H39ClN6S/c1-23-8-7-17-38(19-23)28-18-29(39-20-24-9-3-4-10-25(24)21-39)36-30(35-28)37-31(40)34-22-32(15-5-2-6-16-32)26-11-13-27(33)14-12-26/h3-4,9-14,18,23H,2,5-8,15-17,19-22H2,1H3,(H2,34,35,36,37,40)/t23-/m0/s1. The smallest absolute Gasteiger partial charge is 0.232 e. The van der Waals surface area contributed by atoms with Gasteiger partial charge in [0, 0.05) is 49.2 Å². The predicted molar refractivity (Wildman–Crippen MR) is 169 cm³/mol. The molecule has 0 spiro atoms. The average Bonchev–Trinajstić information content (AvgIpc) is 3.42. The number of benzene rings is 2. The molecule has 0 unspecified atom stereocenters. The summed E-state index contributed by atoms with van der Waals surface area (Å²) in [6, 6.07) is 19.2. The van der Waals surface area contributed by atoms with E-state index in [0.717, 1.165) is 62.2 Å². The van der Waals surface area contributed by atoms with Gasteiger partial charge in [-0.3, -0.25) is 0 Å². The van der Waals surface area contributed by atoms with Crippen molar-refractivity contribution in [2.75, 3.05) is 34.8 Å². The lowest BCUT2D eigenvalue weighted by Crippen LogP contribution is -2.43. The molecule has 1 aliphatic carbocycles. The van der Waals surface area contributed by atoms with Gasteiger partial charge in [0.1, 0.15) is 11.6 Å². The van der Waals surface area contributed by atoms with E-state index >= 15 is 0 Å². The molecule has 0 amide bonds. The molecule has 2 aliphatic heterocycles. The van der Waals surface area contributed by atoms with Crippen LogP contribution in [0.3, 0.4) is 0 Å². The van der Waals surface area contributed by atoms with E-state index in [0.29, 0.717) is 17.0 Å². The average molecular weight is 575 g/mol. The predicted octanol–water partition coefficient (Wildman–Crippen LogP) is 7.08. The Balaban J connectivity index is 1.21. The highest BCUT2D eigenvalue weighted by Crippen LogP contribution is 2.39. The molecular formula is C32H39ClN6S. The number of nitrogens with one attached hydrogen (secondary N) is 2. The van der Waals surface area contributed by atoms with Gasteiger partial charge in [0.2, 0.25) is 5.95 Å². The van der Waals surface area contributed by atoms with E-state index in [-0.39, 0.29) is 5.41 Å². The molecule has 0 bridgehead atoms. The largest absolute Gasteiger partial charge is 0.361 e. The Morgan fingerprint density at radius 1 is 0.950 bits per heavy atom. The monoisotopic (exact) mass is 574 g/mol. The molecule has 2 fully saturated rings. The summed E-state index contributed by atoms with van der Waals surface area (Å²) in [6.45, 7) is 6.85. The van der Waals surface area contributed by atoms with Crippen molar-refractivity contribution in [2.24, 2.45) is 5.92 Å². The first-order valence-electron chi connectivity index (χ1n) is 14.7. The summed E-state index contributed by atoms with van der Waals surface area (Å²) in [5, 5.41) is 8.25. The summed E-state index contributed by atoms with van der Waals surface area (Å²) in [6.07, 6.45) is 8.48. The van der Waals surface area contributed by atoms with Crippen LogP contribution in [-0.4, -0.2) is 34.7 Å². The first-order chi connectivity index (χ1) is 19.5. The van der Waals surface area contributed by atoms with Gasteiger partial charge in [-0.1, -0.05) is 74.2 Å². The first kappa shape index (κ1) is 27.3. The summed E-state index contributed by atoms with van der Waals surface area (Å²) in [5.41, 5.74) is 4.11. The molecule has 8 heteroatoms. The van der Waals surface area contributed by atoms with Crippen LogP contribution in [0.25, 0.3) is 0 Å². The van der Waals surface area contributed by atoms with Gasteiger partial charge in [-0.2, -0.15) is 9.97 Å². The van der Waals surface area contributed by atoms with Gasteiger partial charge in [0.05, 0.1) is 0 Å². The van der Waals surface area contributed by atoms with Gasteiger partial charge in [-0.15, -0.1) is 0 Å². The first-order valence-corrected chi connectivity index (χ1v) is 15.5. The Morgan fingerprint density at radius 2 is 1.62 bits per heavy atom. The second kappa shape index (κ2) is 11.9. The Bertz CT molecular complexity index is 1310. The number of piperidine rings is 1. The fourth-order valence-electron chi connectivity index (χ4n) is 6.69. The minimum atomic E-state index is 0.0493. The van der Waals surface area contributed by atoms with Crippen molar-refractivity contribution in [3.63, 3.8) is 0 Å². The maximum Gasteiger partial charge on any atom is 0.232 e. The highest BCUT2D eigenvalue weighted by atomic mass is 35.5. The number of hydrogen-bond acceptors (Lipinski definition) is 5. The Morgan fingerprint density at radius 3 is 2.30 bits per heavy atom. The van der Waals surface area contributed by atoms with E-state index in [1.165, 1.54) is 48.8 Å². The molecular weight excluding hydrogens is 536 g/mol. The van der Waals surface area contributed by atoms with E-state index in [2.05, 4.69) is 69.8 Å². The molecule has 0 radical (unpaired) electrons. The van der Waals surface area contributed by atoms with Gasteiger partial charge in [0.15, 0.2) is 5.11 Å². The maximum atomic E-state index is 6.21. The van der Waals surface area contributed by atoms with Crippen LogP contribution in [0.4, 0.5) is 17.6 Å². The minimum Gasteiger partial charge on any atom is -0.361 e. The quantitative estimate of drug-likeness (QED) is 0.305. The van der Waals surface area contributed by atoms with Crippen LogP contribution in [-0.2, 0) is 18.5 Å². The SMILES string of the molecule is C[C@H]1CCCN(c2cc(N3Cc4ccccc4C3)nc(NC(=S)NCC3(c4ccc(Cl)cc4)CCCCC3)n2)C1. The summed E-state index contributed by atoms with van der Waals surface area (Å²) in [4.78, 5) is 14.7. The van der Waals surface area contributed by atoms with Crippen LogP contribution in [0.1, 0.15) is 68.6 Å². The lowest BCUT2D eigenvalue weighted by molar-refractivity contribution is 0.292. The second-order valence-electron chi connectivity index (χ2n) is 11.9. The molecule has 3 aliphatic rings. The van der Waals surface area contributed by atoms with Crippen LogP contribution in [0, 0.1) is 5.92 Å². The molecule has 2 N–H and O–H groups in total. The zero-order chi connectivity index (χ0) is 27.5. The third-order valence-corrected chi connectivity index (χ3v) is 9.42.